The van der Waals surface area contributed by atoms with Crippen molar-refractivity contribution in [1.29, 1.82) is 0 Å². The molecule has 6 heteroatoms. The number of carboxylic acid groups (broad SMARTS) is 1. The van der Waals surface area contributed by atoms with Crippen molar-refractivity contribution in [1.82, 2.24) is 9.55 Å². The molecule has 0 spiro atoms. The van der Waals surface area contributed by atoms with Gasteiger partial charge in [0.05, 0.1) is 11.3 Å². The highest BCUT2D eigenvalue weighted by Crippen LogP contribution is 2.21. The number of hydrogen-bond acceptors (Lipinski definition) is 2. The highest BCUT2D eigenvalue weighted by molar-refractivity contribution is 9.10. The molecule has 1 aromatic carbocycles. The van der Waals surface area contributed by atoms with Gasteiger partial charge in [-0.25, -0.2) is 9.59 Å². The molecule has 2 rings (SSSR count). The largest absolute Gasteiger partial charge is 0.478 e. The Morgan fingerprint density at radius 1 is 1.44 bits per heavy atom. The lowest BCUT2D eigenvalue weighted by Gasteiger charge is -2.05. The Morgan fingerprint density at radius 3 is 2.75 bits per heavy atom. The molecule has 2 N–H and O–H groups in total. The van der Waals surface area contributed by atoms with Crippen molar-refractivity contribution in [2.24, 2.45) is 0 Å². The number of H-pyrrole nitrogens is 1. The third-order valence-corrected chi connectivity index (χ3v) is 2.77. The fourth-order valence-electron chi connectivity index (χ4n) is 1.34. The molecule has 16 heavy (non-hydrogen) atoms. The molecule has 0 radical (unpaired) electrons. The van der Waals surface area contributed by atoms with Crippen molar-refractivity contribution < 1.29 is 9.90 Å². The van der Waals surface area contributed by atoms with Gasteiger partial charge in [0.1, 0.15) is 0 Å². The number of carbonyl (C=O) groups is 1. The van der Waals surface area contributed by atoms with Crippen LogP contribution in [0.2, 0.25) is 0 Å². The fraction of sp³-hybridized carbons (Fsp3) is 0. The Kier molecular flexibility index (Phi) is 2.66. The third kappa shape index (κ3) is 1.79. The molecule has 0 aliphatic rings. The van der Waals surface area contributed by atoms with E-state index in [-0.39, 0.29) is 11.3 Å². The van der Waals surface area contributed by atoms with Crippen molar-refractivity contribution >= 4 is 21.9 Å². The normalized spacial score (nSPS) is 10.3. The van der Waals surface area contributed by atoms with Gasteiger partial charge in [0.15, 0.2) is 0 Å². The SMILES string of the molecule is O=C(O)c1ccc(Br)c(-n2cc[nH]c2=O)c1. The number of aromatic nitrogens is 2. The van der Waals surface area contributed by atoms with E-state index >= 15 is 0 Å². The van der Waals surface area contributed by atoms with Gasteiger partial charge in [-0.3, -0.25) is 4.57 Å². The maximum atomic E-state index is 11.4. The lowest BCUT2D eigenvalue weighted by molar-refractivity contribution is 0.0697. The Bertz CT molecular complexity index is 600. The predicted octanol–water partition coefficient (Wildman–Crippen LogP) is 1.63. The zero-order valence-corrected chi connectivity index (χ0v) is 9.56. The molecule has 0 fully saturated rings. The molecule has 0 unspecified atom stereocenters. The summed E-state index contributed by atoms with van der Waals surface area (Å²) in [5, 5.41) is 8.86. The third-order valence-electron chi connectivity index (χ3n) is 2.10. The molecular weight excluding hydrogens is 276 g/mol. The van der Waals surface area contributed by atoms with Crippen LogP contribution in [-0.2, 0) is 0 Å². The summed E-state index contributed by atoms with van der Waals surface area (Å²) in [7, 11) is 0. The molecule has 0 bridgehead atoms. The molecule has 82 valence electrons. The maximum absolute atomic E-state index is 11.4. The summed E-state index contributed by atoms with van der Waals surface area (Å²) in [5.41, 5.74) is 0.306. The number of benzene rings is 1. The minimum absolute atomic E-state index is 0.131. The monoisotopic (exact) mass is 282 g/mol. The van der Waals surface area contributed by atoms with E-state index in [0.717, 1.165) is 0 Å². The van der Waals surface area contributed by atoms with E-state index in [1.54, 1.807) is 6.07 Å². The quantitative estimate of drug-likeness (QED) is 0.879. The number of nitrogens with zero attached hydrogens (tertiary/aromatic N) is 1. The van der Waals surface area contributed by atoms with Gasteiger partial charge in [-0.2, -0.15) is 0 Å². The molecular formula is C10H7BrN2O3. The van der Waals surface area contributed by atoms with Crippen LogP contribution in [-0.4, -0.2) is 20.6 Å². The number of carboxylic acids is 1. The minimum Gasteiger partial charge on any atom is -0.478 e. The smallest absolute Gasteiger partial charge is 0.335 e. The zero-order chi connectivity index (χ0) is 11.7. The highest BCUT2D eigenvalue weighted by Gasteiger charge is 2.09. The predicted molar refractivity (Wildman–Crippen MR) is 61.0 cm³/mol. The first kappa shape index (κ1) is 10.7. The van der Waals surface area contributed by atoms with Crippen molar-refractivity contribution in [3.05, 3.63) is 51.1 Å². The van der Waals surface area contributed by atoms with Crippen LogP contribution in [0.5, 0.6) is 0 Å². The van der Waals surface area contributed by atoms with E-state index in [4.69, 9.17) is 5.11 Å². The lowest BCUT2D eigenvalue weighted by Crippen LogP contribution is -2.15. The molecule has 1 heterocycles. The number of aromatic amines is 1. The molecule has 0 aliphatic carbocycles. The summed E-state index contributed by atoms with van der Waals surface area (Å²) in [5.74, 6) is -1.03. The van der Waals surface area contributed by atoms with E-state index in [1.165, 1.54) is 29.1 Å². The first-order valence-corrected chi connectivity index (χ1v) is 5.18. The first-order chi connectivity index (χ1) is 7.59. The Labute approximate surface area is 98.5 Å². The van der Waals surface area contributed by atoms with Gasteiger partial charge >= 0.3 is 11.7 Å². The molecule has 0 saturated heterocycles. The van der Waals surface area contributed by atoms with Crippen LogP contribution in [0.15, 0.2) is 39.9 Å². The maximum Gasteiger partial charge on any atom is 0.335 e. The molecule has 5 nitrogen and oxygen atoms in total. The number of imidazole rings is 1. The summed E-state index contributed by atoms with van der Waals surface area (Å²) in [6, 6.07) is 4.49. The summed E-state index contributed by atoms with van der Waals surface area (Å²) >= 11 is 3.27. The molecule has 0 atom stereocenters. The van der Waals surface area contributed by atoms with E-state index in [2.05, 4.69) is 20.9 Å². The van der Waals surface area contributed by atoms with Gasteiger partial charge in [-0.1, -0.05) is 0 Å². The topological polar surface area (TPSA) is 75.1 Å². The molecule has 1 aromatic heterocycles. The summed E-state index contributed by atoms with van der Waals surface area (Å²) < 4.78 is 1.98. The lowest BCUT2D eigenvalue weighted by atomic mass is 10.2. The van der Waals surface area contributed by atoms with Crippen LogP contribution in [0.1, 0.15) is 10.4 Å². The van der Waals surface area contributed by atoms with Crippen LogP contribution in [0.4, 0.5) is 0 Å². The number of hydrogen-bond donors (Lipinski definition) is 2. The number of rotatable bonds is 2. The second-order valence-electron chi connectivity index (χ2n) is 3.11. The summed E-state index contributed by atoms with van der Waals surface area (Å²) in [6.45, 7) is 0. The second kappa shape index (κ2) is 3.97. The van der Waals surface area contributed by atoms with E-state index < -0.39 is 5.97 Å². The molecule has 2 aromatic rings. The Morgan fingerprint density at radius 2 is 2.19 bits per heavy atom. The number of halogens is 1. The average Bonchev–Trinajstić information content (AvgIpc) is 2.65. The summed E-state index contributed by atoms with van der Waals surface area (Å²) in [6.07, 6.45) is 3.02. The van der Waals surface area contributed by atoms with E-state index in [1.807, 2.05) is 0 Å². The summed E-state index contributed by atoms with van der Waals surface area (Å²) in [4.78, 5) is 24.7. The Balaban J connectivity index is 2.65. The van der Waals surface area contributed by atoms with Crippen LogP contribution in [0.25, 0.3) is 5.69 Å². The molecule has 0 amide bonds. The zero-order valence-electron chi connectivity index (χ0n) is 7.98. The van der Waals surface area contributed by atoms with Crippen molar-refractivity contribution in [3.63, 3.8) is 0 Å². The average molecular weight is 283 g/mol. The van der Waals surface area contributed by atoms with Gasteiger partial charge in [0.25, 0.3) is 0 Å². The van der Waals surface area contributed by atoms with Gasteiger partial charge < -0.3 is 10.1 Å². The van der Waals surface area contributed by atoms with Crippen LogP contribution < -0.4 is 5.69 Å². The first-order valence-electron chi connectivity index (χ1n) is 4.39. The number of nitrogens with one attached hydrogen (secondary N) is 1. The molecule has 0 saturated carbocycles. The fourth-order valence-corrected chi connectivity index (χ4v) is 1.78. The highest BCUT2D eigenvalue weighted by atomic mass is 79.9. The van der Waals surface area contributed by atoms with Crippen LogP contribution in [0, 0.1) is 0 Å². The minimum atomic E-state index is -1.03. The van der Waals surface area contributed by atoms with Gasteiger partial charge in [-0.15, -0.1) is 0 Å². The van der Waals surface area contributed by atoms with Crippen LogP contribution >= 0.6 is 15.9 Å². The second-order valence-corrected chi connectivity index (χ2v) is 3.96. The van der Waals surface area contributed by atoms with Gasteiger partial charge in [-0.05, 0) is 34.1 Å². The van der Waals surface area contributed by atoms with E-state index in [0.29, 0.717) is 10.2 Å². The van der Waals surface area contributed by atoms with Crippen molar-refractivity contribution in [2.75, 3.05) is 0 Å². The van der Waals surface area contributed by atoms with Crippen molar-refractivity contribution in [2.45, 2.75) is 0 Å². The molecule has 0 aliphatic heterocycles. The van der Waals surface area contributed by atoms with Gasteiger partial charge in [0.2, 0.25) is 0 Å². The van der Waals surface area contributed by atoms with Crippen molar-refractivity contribution in [3.8, 4) is 5.69 Å². The van der Waals surface area contributed by atoms with Crippen LogP contribution in [0.3, 0.4) is 0 Å². The van der Waals surface area contributed by atoms with Gasteiger partial charge in [0, 0.05) is 16.9 Å². The van der Waals surface area contributed by atoms with E-state index in [9.17, 15) is 9.59 Å². The number of aromatic carboxylic acids is 1. The Hall–Kier alpha value is -1.82. The standard InChI is InChI=1S/C10H7BrN2O3/c11-7-2-1-6(9(14)15)5-8(7)13-4-3-12-10(13)16/h1-5H,(H,12,16)(H,14,15).